The summed E-state index contributed by atoms with van der Waals surface area (Å²) >= 11 is 1.98. The first-order valence-corrected chi connectivity index (χ1v) is 5.35. The zero-order chi connectivity index (χ0) is 9.35. The first kappa shape index (κ1) is 9.91. The van der Waals surface area contributed by atoms with E-state index in [9.17, 15) is 0 Å². The molecule has 1 heteroatoms. The maximum Gasteiger partial charge on any atom is 0.0248 e. The molecule has 0 nitrogen and oxygen atoms in total. The molecule has 0 radical (unpaired) electrons. The molecule has 1 aliphatic heterocycles. The summed E-state index contributed by atoms with van der Waals surface area (Å²) in [5.41, 5.74) is 1.72. The second-order valence-corrected chi connectivity index (χ2v) is 5.91. The standard InChI is InChI=1S/C11H18S/c1-8-6-9(2)12-10(7-8)11(3,4)5/h6-7,9H,1-5H3. The van der Waals surface area contributed by atoms with E-state index in [0.717, 1.165) is 0 Å². The molecule has 68 valence electrons. The van der Waals surface area contributed by atoms with Gasteiger partial charge in [-0.2, -0.15) is 0 Å². The average molecular weight is 182 g/mol. The van der Waals surface area contributed by atoms with Crippen molar-refractivity contribution in [3.05, 3.63) is 22.6 Å². The second kappa shape index (κ2) is 3.29. The van der Waals surface area contributed by atoms with E-state index in [1.807, 2.05) is 11.8 Å². The molecule has 0 N–H and O–H groups in total. The Labute approximate surface area is 80.1 Å². The minimum absolute atomic E-state index is 0.314. The smallest absolute Gasteiger partial charge is 0.0248 e. The van der Waals surface area contributed by atoms with Crippen molar-refractivity contribution in [1.82, 2.24) is 0 Å². The van der Waals surface area contributed by atoms with Gasteiger partial charge in [-0.05, 0) is 30.2 Å². The molecule has 0 amide bonds. The van der Waals surface area contributed by atoms with Gasteiger partial charge in [0.1, 0.15) is 0 Å². The van der Waals surface area contributed by atoms with Crippen LogP contribution in [0.5, 0.6) is 0 Å². The van der Waals surface area contributed by atoms with Crippen LogP contribution in [-0.4, -0.2) is 5.25 Å². The summed E-state index contributed by atoms with van der Waals surface area (Å²) in [5, 5.41) is 0.643. The van der Waals surface area contributed by atoms with E-state index in [2.05, 4.69) is 46.8 Å². The quantitative estimate of drug-likeness (QED) is 0.545. The van der Waals surface area contributed by atoms with Crippen LogP contribution >= 0.6 is 11.8 Å². The van der Waals surface area contributed by atoms with Gasteiger partial charge in [-0.1, -0.05) is 32.4 Å². The Hall–Kier alpha value is -0.170. The third kappa shape index (κ3) is 2.41. The van der Waals surface area contributed by atoms with Crippen molar-refractivity contribution in [3.63, 3.8) is 0 Å². The lowest BCUT2D eigenvalue weighted by Gasteiger charge is -2.27. The second-order valence-electron chi connectivity index (χ2n) is 4.49. The third-order valence-electron chi connectivity index (χ3n) is 1.91. The van der Waals surface area contributed by atoms with Gasteiger partial charge in [0, 0.05) is 5.25 Å². The predicted octanol–water partition coefficient (Wildman–Crippen LogP) is 4.00. The van der Waals surface area contributed by atoms with Crippen LogP contribution in [-0.2, 0) is 0 Å². The van der Waals surface area contributed by atoms with Gasteiger partial charge in [-0.3, -0.25) is 0 Å². The largest absolute Gasteiger partial charge is 0.123 e. The van der Waals surface area contributed by atoms with Gasteiger partial charge in [-0.15, -0.1) is 11.8 Å². The zero-order valence-electron chi connectivity index (χ0n) is 8.64. The minimum atomic E-state index is 0.314. The molecule has 0 aromatic carbocycles. The Balaban J connectivity index is 2.87. The number of allylic oxidation sites excluding steroid dienone is 3. The molecule has 0 aromatic rings. The normalized spacial score (nSPS) is 24.9. The Morgan fingerprint density at radius 3 is 2.33 bits per heavy atom. The van der Waals surface area contributed by atoms with Crippen LogP contribution in [0.1, 0.15) is 34.6 Å². The van der Waals surface area contributed by atoms with Gasteiger partial charge in [-0.25, -0.2) is 0 Å². The van der Waals surface area contributed by atoms with Crippen molar-refractivity contribution in [3.8, 4) is 0 Å². The van der Waals surface area contributed by atoms with E-state index in [1.165, 1.54) is 10.5 Å². The van der Waals surface area contributed by atoms with Gasteiger partial charge >= 0.3 is 0 Å². The number of thioether (sulfide) groups is 1. The molecule has 1 rings (SSSR count). The molecule has 1 atom stereocenters. The highest BCUT2D eigenvalue weighted by Gasteiger charge is 2.21. The van der Waals surface area contributed by atoms with Gasteiger partial charge in [0.25, 0.3) is 0 Å². The highest BCUT2D eigenvalue weighted by molar-refractivity contribution is 8.03. The van der Waals surface area contributed by atoms with Gasteiger partial charge < -0.3 is 0 Å². The van der Waals surface area contributed by atoms with E-state index in [1.54, 1.807) is 0 Å². The van der Waals surface area contributed by atoms with Crippen LogP contribution in [0.3, 0.4) is 0 Å². The number of rotatable bonds is 0. The van der Waals surface area contributed by atoms with E-state index in [4.69, 9.17) is 0 Å². The molecule has 12 heavy (non-hydrogen) atoms. The molecule has 0 bridgehead atoms. The fraction of sp³-hybridized carbons (Fsp3) is 0.636. The Morgan fingerprint density at radius 1 is 1.33 bits per heavy atom. The topological polar surface area (TPSA) is 0 Å². The Morgan fingerprint density at radius 2 is 1.92 bits per heavy atom. The lowest BCUT2D eigenvalue weighted by atomic mass is 9.94. The minimum Gasteiger partial charge on any atom is -0.123 e. The van der Waals surface area contributed by atoms with E-state index >= 15 is 0 Å². The third-order valence-corrected chi connectivity index (χ3v) is 3.40. The molecule has 1 heterocycles. The molecule has 0 aliphatic carbocycles. The Bertz CT molecular complexity index is 228. The van der Waals surface area contributed by atoms with Gasteiger partial charge in [0.15, 0.2) is 0 Å². The van der Waals surface area contributed by atoms with Crippen LogP contribution in [0.15, 0.2) is 22.6 Å². The molecule has 1 aliphatic rings. The summed E-state index contributed by atoms with van der Waals surface area (Å²) in [7, 11) is 0. The highest BCUT2D eigenvalue weighted by atomic mass is 32.2. The molecule has 0 spiro atoms. The van der Waals surface area contributed by atoms with Crippen molar-refractivity contribution in [1.29, 1.82) is 0 Å². The maximum absolute atomic E-state index is 2.32. The van der Waals surface area contributed by atoms with Crippen LogP contribution in [0.4, 0.5) is 0 Å². The fourth-order valence-corrected chi connectivity index (χ4v) is 2.58. The fourth-order valence-electron chi connectivity index (χ4n) is 1.29. The summed E-state index contributed by atoms with van der Waals surface area (Å²) < 4.78 is 0. The molecule has 0 aromatic heterocycles. The molecule has 1 unspecified atom stereocenters. The van der Waals surface area contributed by atoms with Crippen LogP contribution in [0.2, 0.25) is 0 Å². The van der Waals surface area contributed by atoms with Crippen molar-refractivity contribution in [2.75, 3.05) is 0 Å². The Kier molecular flexibility index (Phi) is 2.72. The van der Waals surface area contributed by atoms with E-state index in [0.29, 0.717) is 10.7 Å². The molecule has 0 fully saturated rings. The summed E-state index contributed by atoms with van der Waals surface area (Å²) in [6.07, 6.45) is 4.63. The monoisotopic (exact) mass is 182 g/mol. The van der Waals surface area contributed by atoms with Crippen LogP contribution in [0, 0.1) is 5.41 Å². The predicted molar refractivity (Wildman–Crippen MR) is 58.3 cm³/mol. The van der Waals surface area contributed by atoms with Crippen molar-refractivity contribution >= 4 is 11.8 Å². The van der Waals surface area contributed by atoms with Gasteiger partial charge in [0.2, 0.25) is 0 Å². The number of hydrogen-bond donors (Lipinski definition) is 0. The maximum atomic E-state index is 2.32. The van der Waals surface area contributed by atoms with Crippen molar-refractivity contribution in [2.24, 2.45) is 5.41 Å². The van der Waals surface area contributed by atoms with Gasteiger partial charge in [0.05, 0.1) is 0 Å². The zero-order valence-corrected chi connectivity index (χ0v) is 9.46. The highest BCUT2D eigenvalue weighted by Crippen LogP contribution is 2.40. The van der Waals surface area contributed by atoms with Crippen molar-refractivity contribution < 1.29 is 0 Å². The lowest BCUT2D eigenvalue weighted by molar-refractivity contribution is 0.532. The molecular weight excluding hydrogens is 164 g/mol. The lowest BCUT2D eigenvalue weighted by Crippen LogP contribution is -2.11. The summed E-state index contributed by atoms with van der Waals surface area (Å²) in [6, 6.07) is 0. The summed E-state index contributed by atoms with van der Waals surface area (Å²) in [5.74, 6) is 0. The van der Waals surface area contributed by atoms with Crippen LogP contribution in [0.25, 0.3) is 0 Å². The first-order valence-electron chi connectivity index (χ1n) is 4.47. The average Bonchev–Trinajstić information content (AvgIpc) is 1.82. The van der Waals surface area contributed by atoms with Crippen LogP contribution < -0.4 is 0 Å². The van der Waals surface area contributed by atoms with Crippen molar-refractivity contribution in [2.45, 2.75) is 39.9 Å². The molecular formula is C11H18S. The number of hydrogen-bond acceptors (Lipinski definition) is 1. The SMILES string of the molecule is CC1=CC(C)SC(C(C)(C)C)=C1. The summed E-state index contributed by atoms with van der Waals surface area (Å²) in [4.78, 5) is 1.51. The first-order chi connectivity index (χ1) is 5.39. The van der Waals surface area contributed by atoms with E-state index < -0.39 is 0 Å². The van der Waals surface area contributed by atoms with E-state index in [-0.39, 0.29) is 0 Å². The molecule has 0 saturated heterocycles. The summed E-state index contributed by atoms with van der Waals surface area (Å²) in [6.45, 7) is 11.3. The molecule has 0 saturated carbocycles.